The van der Waals surface area contributed by atoms with Gasteiger partial charge in [-0.05, 0) is 43.6 Å². The van der Waals surface area contributed by atoms with Crippen LogP contribution in [-0.2, 0) is 9.53 Å². The fraction of sp³-hybridized carbons (Fsp3) is 0.833. The maximum atomic E-state index is 11.6. The Kier molecular flexibility index (Phi) is 5.29. The van der Waals surface area contributed by atoms with Crippen LogP contribution in [0.3, 0.4) is 0 Å². The van der Waals surface area contributed by atoms with E-state index in [-0.39, 0.29) is 12.1 Å². The Morgan fingerprint density at radius 3 is 2.65 bits per heavy atom. The van der Waals surface area contributed by atoms with E-state index in [2.05, 4.69) is 13.8 Å². The molecular formula is C18H30O2. The van der Waals surface area contributed by atoms with Gasteiger partial charge in [-0.15, -0.1) is 0 Å². The fourth-order valence-electron chi connectivity index (χ4n) is 3.72. The molecule has 0 aromatic rings. The van der Waals surface area contributed by atoms with Gasteiger partial charge in [-0.2, -0.15) is 0 Å². The first-order valence-corrected chi connectivity index (χ1v) is 8.46. The summed E-state index contributed by atoms with van der Waals surface area (Å²) in [7, 11) is 0. The van der Waals surface area contributed by atoms with Gasteiger partial charge in [-0.1, -0.05) is 52.4 Å². The Hall–Kier alpha value is -0.790. The number of hydrogen-bond acceptors (Lipinski definition) is 2. The Labute approximate surface area is 124 Å². The lowest BCUT2D eigenvalue weighted by Crippen LogP contribution is -2.30. The average Bonchev–Trinajstić information content (AvgIpc) is 2.68. The molecule has 2 aliphatic rings. The number of unbranched alkanes of at least 4 members (excludes halogenated alkanes) is 5. The van der Waals surface area contributed by atoms with Gasteiger partial charge in [0.25, 0.3) is 0 Å². The molecule has 0 radical (unpaired) electrons. The van der Waals surface area contributed by atoms with Crippen LogP contribution >= 0.6 is 0 Å². The summed E-state index contributed by atoms with van der Waals surface area (Å²) in [5.74, 6) is -0.0752. The molecule has 2 rings (SSSR count). The van der Waals surface area contributed by atoms with E-state index >= 15 is 0 Å². The van der Waals surface area contributed by atoms with Crippen molar-refractivity contribution in [3.05, 3.63) is 11.1 Å². The van der Waals surface area contributed by atoms with Crippen molar-refractivity contribution in [3.63, 3.8) is 0 Å². The third kappa shape index (κ3) is 3.65. The molecule has 2 atom stereocenters. The van der Waals surface area contributed by atoms with E-state index in [0.717, 1.165) is 18.4 Å². The molecule has 1 aliphatic heterocycles. The van der Waals surface area contributed by atoms with Gasteiger partial charge in [0.05, 0.1) is 0 Å². The van der Waals surface area contributed by atoms with Crippen LogP contribution in [0, 0.1) is 5.41 Å². The number of hydrogen-bond donors (Lipinski definition) is 0. The normalized spacial score (nSPS) is 29.6. The highest BCUT2D eigenvalue weighted by molar-refractivity contribution is 5.91. The van der Waals surface area contributed by atoms with Crippen LogP contribution in [0.25, 0.3) is 0 Å². The molecule has 0 saturated heterocycles. The molecule has 114 valence electrons. The van der Waals surface area contributed by atoms with Crippen LogP contribution in [0.5, 0.6) is 0 Å². The molecule has 1 fully saturated rings. The van der Waals surface area contributed by atoms with E-state index in [1.165, 1.54) is 56.9 Å². The summed E-state index contributed by atoms with van der Waals surface area (Å²) < 4.78 is 5.52. The number of esters is 1. The highest BCUT2D eigenvalue weighted by Gasteiger charge is 2.41. The molecule has 1 saturated carbocycles. The zero-order valence-corrected chi connectivity index (χ0v) is 13.5. The summed E-state index contributed by atoms with van der Waals surface area (Å²) in [6.45, 7) is 6.57. The third-order valence-electron chi connectivity index (χ3n) is 5.24. The summed E-state index contributed by atoms with van der Waals surface area (Å²) in [6.07, 6.45) is 12.9. The molecule has 2 heteroatoms. The number of ether oxygens (including phenoxy) is 1. The zero-order chi connectivity index (χ0) is 14.6. The fourth-order valence-corrected chi connectivity index (χ4v) is 3.72. The lowest BCUT2D eigenvalue weighted by Gasteiger charge is -2.37. The number of carbonyl (C=O) groups excluding carboxylic acids is 1. The lowest BCUT2D eigenvalue weighted by atomic mass is 9.69. The van der Waals surface area contributed by atoms with Crippen LogP contribution in [0.15, 0.2) is 11.1 Å². The van der Waals surface area contributed by atoms with Crippen LogP contribution in [0.1, 0.15) is 85.0 Å². The van der Waals surface area contributed by atoms with Crippen molar-refractivity contribution in [3.8, 4) is 0 Å². The first-order valence-electron chi connectivity index (χ1n) is 8.46. The van der Waals surface area contributed by atoms with Gasteiger partial charge in [-0.25, -0.2) is 4.79 Å². The Morgan fingerprint density at radius 1 is 1.20 bits per heavy atom. The predicted molar refractivity (Wildman–Crippen MR) is 82.5 cm³/mol. The minimum Gasteiger partial charge on any atom is -0.454 e. The molecule has 0 N–H and O–H groups in total. The largest absolute Gasteiger partial charge is 0.454 e. The molecule has 20 heavy (non-hydrogen) atoms. The van der Waals surface area contributed by atoms with E-state index in [4.69, 9.17) is 4.74 Å². The van der Waals surface area contributed by atoms with Crippen molar-refractivity contribution in [2.24, 2.45) is 5.41 Å². The van der Waals surface area contributed by atoms with Crippen LogP contribution < -0.4 is 0 Å². The van der Waals surface area contributed by atoms with Gasteiger partial charge in [0.1, 0.15) is 6.10 Å². The second-order valence-electron chi connectivity index (χ2n) is 7.08. The SMILES string of the molecule is CCCCCCCCC1(C)CCC2=C(C)C(=O)OC2C1. The minimum absolute atomic E-state index is 0.0752. The molecule has 0 aromatic carbocycles. The van der Waals surface area contributed by atoms with Gasteiger partial charge in [0.15, 0.2) is 0 Å². The number of carbonyl (C=O) groups is 1. The highest BCUT2D eigenvalue weighted by atomic mass is 16.5. The molecule has 2 nitrogen and oxygen atoms in total. The quantitative estimate of drug-likeness (QED) is 0.474. The standard InChI is InChI=1S/C18H30O2/c1-4-5-6-7-8-9-11-18(3)12-10-15-14(2)17(19)20-16(15)13-18/h16H,4-13H2,1-3H3. The third-order valence-corrected chi connectivity index (χ3v) is 5.24. The lowest BCUT2D eigenvalue weighted by molar-refractivity contribution is -0.141. The van der Waals surface area contributed by atoms with E-state index in [9.17, 15) is 4.79 Å². The van der Waals surface area contributed by atoms with Gasteiger partial charge in [0, 0.05) is 5.57 Å². The van der Waals surface area contributed by atoms with Crippen molar-refractivity contribution < 1.29 is 9.53 Å². The molecular weight excluding hydrogens is 248 g/mol. The van der Waals surface area contributed by atoms with Gasteiger partial charge in [-0.3, -0.25) is 0 Å². The molecule has 1 aliphatic carbocycles. The second kappa shape index (κ2) is 6.78. The number of rotatable bonds is 7. The van der Waals surface area contributed by atoms with Crippen molar-refractivity contribution in [1.29, 1.82) is 0 Å². The summed E-state index contributed by atoms with van der Waals surface area (Å²) in [6, 6.07) is 0. The smallest absolute Gasteiger partial charge is 0.334 e. The zero-order valence-electron chi connectivity index (χ0n) is 13.5. The topological polar surface area (TPSA) is 26.3 Å². The average molecular weight is 278 g/mol. The minimum atomic E-state index is -0.0752. The van der Waals surface area contributed by atoms with Crippen molar-refractivity contribution >= 4 is 5.97 Å². The van der Waals surface area contributed by atoms with Crippen molar-refractivity contribution in [2.45, 2.75) is 91.1 Å². The van der Waals surface area contributed by atoms with E-state index < -0.39 is 0 Å². The van der Waals surface area contributed by atoms with Crippen LogP contribution in [-0.4, -0.2) is 12.1 Å². The summed E-state index contributed by atoms with van der Waals surface area (Å²) >= 11 is 0. The molecule has 2 unspecified atom stereocenters. The van der Waals surface area contributed by atoms with Crippen molar-refractivity contribution in [2.75, 3.05) is 0 Å². The van der Waals surface area contributed by atoms with E-state index in [1.54, 1.807) is 0 Å². The number of fused-ring (bicyclic) bond motifs is 1. The monoisotopic (exact) mass is 278 g/mol. The molecule has 0 spiro atoms. The Morgan fingerprint density at radius 2 is 1.90 bits per heavy atom. The Bertz CT molecular complexity index is 383. The highest BCUT2D eigenvalue weighted by Crippen LogP contribution is 2.46. The summed E-state index contributed by atoms with van der Waals surface area (Å²) in [5, 5.41) is 0. The van der Waals surface area contributed by atoms with Crippen molar-refractivity contribution in [1.82, 2.24) is 0 Å². The Balaban J connectivity index is 1.75. The molecule has 0 amide bonds. The van der Waals surface area contributed by atoms with Crippen LogP contribution in [0.4, 0.5) is 0 Å². The van der Waals surface area contributed by atoms with Gasteiger partial charge >= 0.3 is 5.97 Å². The van der Waals surface area contributed by atoms with Crippen LogP contribution in [0.2, 0.25) is 0 Å². The molecule has 0 bridgehead atoms. The first kappa shape index (κ1) is 15.6. The van der Waals surface area contributed by atoms with Gasteiger partial charge < -0.3 is 4.74 Å². The summed E-state index contributed by atoms with van der Waals surface area (Å²) in [5.41, 5.74) is 2.55. The first-order chi connectivity index (χ1) is 9.56. The maximum Gasteiger partial charge on any atom is 0.334 e. The predicted octanol–water partition coefficient (Wildman–Crippen LogP) is 5.17. The van der Waals surface area contributed by atoms with E-state index in [1.807, 2.05) is 6.92 Å². The molecule has 0 aromatic heterocycles. The summed E-state index contributed by atoms with van der Waals surface area (Å²) in [4.78, 5) is 11.6. The van der Waals surface area contributed by atoms with Gasteiger partial charge in [0.2, 0.25) is 0 Å². The molecule has 1 heterocycles. The van der Waals surface area contributed by atoms with E-state index in [0.29, 0.717) is 5.41 Å². The second-order valence-corrected chi connectivity index (χ2v) is 7.08. The maximum absolute atomic E-state index is 11.6.